The highest BCUT2D eigenvalue weighted by Gasteiger charge is 2.24. The smallest absolute Gasteiger partial charge is 0.306 e. The summed E-state index contributed by atoms with van der Waals surface area (Å²) in [5.74, 6) is -1.30. The second kappa shape index (κ2) is 6.89. The van der Waals surface area contributed by atoms with Gasteiger partial charge in [0.05, 0.1) is 12.2 Å². The van der Waals surface area contributed by atoms with Gasteiger partial charge >= 0.3 is 5.97 Å². The Labute approximate surface area is 142 Å². The van der Waals surface area contributed by atoms with Crippen LogP contribution in [0.15, 0.2) is 35.7 Å². The number of ketones is 1. The fourth-order valence-corrected chi connectivity index (χ4v) is 3.82. The van der Waals surface area contributed by atoms with Crippen LogP contribution in [-0.4, -0.2) is 32.5 Å². The molecule has 0 aromatic heterocycles. The molecule has 0 spiro atoms. The molecule has 0 amide bonds. The van der Waals surface area contributed by atoms with Crippen LogP contribution in [0, 0.1) is 5.92 Å². The fraction of sp³-hybridized carbons (Fsp3) is 0.444. The molecule has 0 saturated carbocycles. The van der Waals surface area contributed by atoms with Crippen molar-refractivity contribution in [1.82, 2.24) is 0 Å². The Morgan fingerprint density at radius 3 is 2.29 bits per heavy atom. The van der Waals surface area contributed by atoms with Crippen LogP contribution in [0.5, 0.6) is 0 Å². The average molecular weight is 350 g/mol. The molecule has 1 aromatic rings. The zero-order chi connectivity index (χ0) is 18.0. The third-order valence-corrected chi connectivity index (χ3v) is 5.34. The monoisotopic (exact) mass is 350 g/mol. The molecule has 24 heavy (non-hydrogen) atoms. The molecule has 6 heteroatoms. The largest absolute Gasteiger partial charge is 0.457 e. The summed E-state index contributed by atoms with van der Waals surface area (Å²) in [6.45, 7) is 5.92. The van der Waals surface area contributed by atoms with Crippen molar-refractivity contribution in [3.05, 3.63) is 46.9 Å². The van der Waals surface area contributed by atoms with E-state index in [1.54, 1.807) is 12.1 Å². The topological polar surface area (TPSA) is 77.5 Å². The molecule has 0 aliphatic carbocycles. The third kappa shape index (κ3) is 5.03. The molecule has 0 N–H and O–H groups in total. The summed E-state index contributed by atoms with van der Waals surface area (Å²) in [4.78, 5) is 23.8. The van der Waals surface area contributed by atoms with E-state index in [1.807, 2.05) is 12.1 Å². The van der Waals surface area contributed by atoms with Crippen molar-refractivity contribution < 1.29 is 22.7 Å². The van der Waals surface area contributed by atoms with Crippen molar-refractivity contribution in [3.8, 4) is 0 Å². The molecule has 1 heterocycles. The number of Topliss-reactive ketones (excluding diaryl/α,β-unsaturated/α-hetero) is 1. The van der Waals surface area contributed by atoms with Crippen LogP contribution >= 0.6 is 0 Å². The molecule has 1 aliphatic rings. The number of sulfone groups is 1. The van der Waals surface area contributed by atoms with Crippen LogP contribution in [0.1, 0.15) is 43.1 Å². The molecule has 2 rings (SSSR count). The average Bonchev–Trinajstić information content (AvgIpc) is 2.83. The number of hydrogen-bond donors (Lipinski definition) is 0. The molecule has 0 radical (unpaired) electrons. The fourth-order valence-electron chi connectivity index (χ4n) is 2.43. The number of esters is 1. The highest BCUT2D eigenvalue weighted by molar-refractivity contribution is 7.94. The molecule has 1 aliphatic heterocycles. The molecule has 130 valence electrons. The van der Waals surface area contributed by atoms with Gasteiger partial charge in [0.25, 0.3) is 0 Å². The number of ether oxygens (including phenoxy) is 1. The molecule has 0 saturated heterocycles. The Bertz CT molecular complexity index is 752. The molecular formula is C18H22O5S. The van der Waals surface area contributed by atoms with Crippen molar-refractivity contribution in [2.24, 2.45) is 5.92 Å². The van der Waals surface area contributed by atoms with E-state index in [0.717, 1.165) is 11.0 Å². The van der Waals surface area contributed by atoms with E-state index in [2.05, 4.69) is 20.8 Å². The lowest BCUT2D eigenvalue weighted by atomic mass is 9.86. The maximum atomic E-state index is 12.1. The van der Waals surface area contributed by atoms with Gasteiger partial charge in [-0.25, -0.2) is 8.42 Å². The van der Waals surface area contributed by atoms with Gasteiger partial charge in [0.2, 0.25) is 0 Å². The maximum Gasteiger partial charge on any atom is 0.306 e. The van der Waals surface area contributed by atoms with Gasteiger partial charge in [-0.2, -0.15) is 0 Å². The van der Waals surface area contributed by atoms with Crippen molar-refractivity contribution in [1.29, 1.82) is 0 Å². The van der Waals surface area contributed by atoms with Crippen LogP contribution in [0.2, 0.25) is 0 Å². The lowest BCUT2D eigenvalue weighted by molar-refractivity contribution is -0.143. The van der Waals surface area contributed by atoms with E-state index in [0.29, 0.717) is 5.56 Å². The first-order valence-corrected chi connectivity index (χ1v) is 9.49. The lowest BCUT2D eigenvalue weighted by Gasteiger charge is -2.19. The van der Waals surface area contributed by atoms with Gasteiger partial charge in [0.1, 0.15) is 0 Å². The summed E-state index contributed by atoms with van der Waals surface area (Å²) in [5, 5.41) is 1.12. The van der Waals surface area contributed by atoms with E-state index in [-0.39, 0.29) is 35.9 Å². The number of rotatable bonds is 5. The predicted octanol–water partition coefficient (Wildman–Crippen LogP) is 2.66. The highest BCUT2D eigenvalue weighted by Crippen LogP contribution is 2.22. The Kier molecular flexibility index (Phi) is 5.28. The van der Waals surface area contributed by atoms with Gasteiger partial charge < -0.3 is 4.74 Å². The van der Waals surface area contributed by atoms with Crippen LogP contribution < -0.4 is 0 Å². The van der Waals surface area contributed by atoms with E-state index in [9.17, 15) is 18.0 Å². The zero-order valence-corrected chi connectivity index (χ0v) is 14.9. The maximum absolute atomic E-state index is 12.1. The molecule has 1 unspecified atom stereocenters. The Morgan fingerprint density at radius 1 is 1.17 bits per heavy atom. The first kappa shape index (κ1) is 18.4. The summed E-state index contributed by atoms with van der Waals surface area (Å²) < 4.78 is 27.5. The van der Waals surface area contributed by atoms with Gasteiger partial charge in [-0.3, -0.25) is 9.59 Å². The SMILES string of the molecule is CC(C)(C)c1ccc(C(=O)COC(=O)CC2C=CS(=O)(=O)C2)cc1. The van der Waals surface area contributed by atoms with Crippen LogP contribution in [0.4, 0.5) is 0 Å². The number of carbonyl (C=O) groups is 2. The molecule has 5 nitrogen and oxygen atoms in total. The minimum Gasteiger partial charge on any atom is -0.457 e. The van der Waals surface area contributed by atoms with Crippen LogP contribution in [-0.2, 0) is 24.8 Å². The zero-order valence-electron chi connectivity index (χ0n) is 14.1. The molecule has 1 atom stereocenters. The summed E-state index contributed by atoms with van der Waals surface area (Å²) in [6, 6.07) is 7.23. The summed E-state index contributed by atoms with van der Waals surface area (Å²) >= 11 is 0. The Hall–Kier alpha value is -1.95. The lowest BCUT2D eigenvalue weighted by Crippen LogP contribution is -2.18. The minimum atomic E-state index is -3.19. The molecule has 1 aromatic carbocycles. The third-order valence-electron chi connectivity index (χ3n) is 3.87. The van der Waals surface area contributed by atoms with Gasteiger partial charge in [-0.05, 0) is 11.0 Å². The number of carbonyl (C=O) groups excluding carboxylic acids is 2. The Morgan fingerprint density at radius 2 is 1.79 bits per heavy atom. The van der Waals surface area contributed by atoms with Crippen molar-refractivity contribution in [3.63, 3.8) is 0 Å². The number of benzene rings is 1. The standard InChI is InChI=1S/C18H22O5S/c1-18(2,3)15-6-4-14(5-7-15)16(19)11-23-17(20)10-13-8-9-24(21,22)12-13/h4-9,13H,10-12H2,1-3H3. The van der Waals surface area contributed by atoms with E-state index >= 15 is 0 Å². The first-order chi connectivity index (χ1) is 11.1. The van der Waals surface area contributed by atoms with Gasteiger partial charge in [-0.1, -0.05) is 51.1 Å². The van der Waals surface area contributed by atoms with E-state index < -0.39 is 15.8 Å². The quantitative estimate of drug-likeness (QED) is 0.603. The minimum absolute atomic E-state index is 0.00315. The summed E-state index contributed by atoms with van der Waals surface area (Å²) in [6.07, 6.45) is 1.45. The van der Waals surface area contributed by atoms with Crippen molar-refractivity contribution in [2.75, 3.05) is 12.4 Å². The van der Waals surface area contributed by atoms with Crippen LogP contribution in [0.3, 0.4) is 0 Å². The molecule has 0 fully saturated rings. The normalized spacial score (nSPS) is 19.2. The van der Waals surface area contributed by atoms with Gasteiger partial charge in [-0.15, -0.1) is 0 Å². The number of hydrogen-bond acceptors (Lipinski definition) is 5. The van der Waals surface area contributed by atoms with Crippen molar-refractivity contribution in [2.45, 2.75) is 32.6 Å². The van der Waals surface area contributed by atoms with Gasteiger partial charge in [0.15, 0.2) is 22.2 Å². The van der Waals surface area contributed by atoms with E-state index in [4.69, 9.17) is 4.74 Å². The molecular weight excluding hydrogens is 328 g/mol. The Balaban J connectivity index is 1.84. The second-order valence-electron chi connectivity index (χ2n) is 7.03. The summed E-state index contributed by atoms with van der Waals surface area (Å²) in [7, 11) is -3.19. The van der Waals surface area contributed by atoms with E-state index in [1.165, 1.54) is 6.08 Å². The highest BCUT2D eigenvalue weighted by atomic mass is 32.2. The van der Waals surface area contributed by atoms with Crippen LogP contribution in [0.25, 0.3) is 0 Å². The van der Waals surface area contributed by atoms with Crippen molar-refractivity contribution >= 4 is 21.6 Å². The summed E-state index contributed by atoms with van der Waals surface area (Å²) in [5.41, 5.74) is 1.60. The first-order valence-electron chi connectivity index (χ1n) is 7.77. The van der Waals surface area contributed by atoms with Gasteiger partial charge in [0, 0.05) is 16.9 Å². The predicted molar refractivity (Wildman–Crippen MR) is 91.5 cm³/mol. The number of allylic oxidation sites excluding steroid dienone is 1. The second-order valence-corrected chi connectivity index (χ2v) is 8.96. The molecule has 0 bridgehead atoms.